The lowest BCUT2D eigenvalue weighted by Crippen LogP contribution is -2.51. The molecule has 2 aliphatic rings. The molecule has 0 saturated carbocycles. The number of carbonyl (C=O) groups excluding carboxylic acids is 2. The first-order chi connectivity index (χ1) is 24.1. The Morgan fingerprint density at radius 3 is 2.60 bits per heavy atom. The number of rotatable bonds is 10. The van der Waals surface area contributed by atoms with Crippen LogP contribution in [0.25, 0.3) is 10.9 Å². The number of nitrogens with one attached hydrogen (secondary N) is 2. The molecule has 1 aromatic heterocycles. The summed E-state index contributed by atoms with van der Waals surface area (Å²) in [7, 11) is -0.642. The smallest absolute Gasteiger partial charge is 0.264 e. The number of aliphatic hydroxyl groups is 1. The fourth-order valence-electron chi connectivity index (χ4n) is 8.43. The monoisotopic (exact) mass is 707 g/mol. The van der Waals surface area contributed by atoms with Gasteiger partial charge in [0, 0.05) is 45.9 Å². The first-order valence-electron chi connectivity index (χ1n) is 17.1. The van der Waals surface area contributed by atoms with E-state index in [1.54, 1.807) is 18.1 Å². The Balaban J connectivity index is 1.17. The topological polar surface area (TPSA) is 104 Å². The van der Waals surface area contributed by atoms with E-state index in [0.717, 1.165) is 39.0 Å². The number of H-pyrrole nitrogens is 1. The summed E-state index contributed by atoms with van der Waals surface area (Å²) in [6, 6.07) is 29.3. The third kappa shape index (κ3) is 5.82. The standard InChI is InChI=1S/C40H42ClN3O5Si/c1-25-38(50(3,4)31-15-13-30(48-2)14-16-31)36(18-19-45)49-40(25)33-22-28(41)12-17-35(33)44(39(40)47)24-26-8-7-9-29(20-26)43-37(46)21-27-23-42-34-11-6-5-10-32(27)34/h5-17,20,22-23,25,36,38,42,45H,18-19,21,24H2,1-4H3,(H,43,46)/t25-,36+,38-,40+/m1/s1. The molecule has 8 nitrogen and oxygen atoms in total. The first kappa shape index (κ1) is 34.1. The number of aliphatic hydroxyl groups excluding tert-OH is 1. The van der Waals surface area contributed by atoms with E-state index in [1.165, 1.54) is 5.19 Å². The molecule has 7 rings (SSSR count). The minimum atomic E-state index is -2.30. The van der Waals surface area contributed by atoms with Crippen molar-refractivity contribution in [1.29, 1.82) is 0 Å². The molecule has 4 atom stereocenters. The summed E-state index contributed by atoms with van der Waals surface area (Å²) in [4.78, 5) is 33.1. The molecular weight excluding hydrogens is 666 g/mol. The van der Waals surface area contributed by atoms with E-state index in [9.17, 15) is 14.7 Å². The van der Waals surface area contributed by atoms with E-state index in [-0.39, 0.29) is 48.9 Å². The lowest BCUT2D eigenvalue weighted by molar-refractivity contribution is -0.146. The molecule has 3 heterocycles. The lowest BCUT2D eigenvalue weighted by atomic mass is 9.82. The van der Waals surface area contributed by atoms with Gasteiger partial charge in [-0.2, -0.15) is 0 Å². The fourth-order valence-corrected chi connectivity index (χ4v) is 12.7. The van der Waals surface area contributed by atoms with Crippen LogP contribution in [-0.2, 0) is 32.9 Å². The highest BCUT2D eigenvalue weighted by atomic mass is 35.5. The van der Waals surface area contributed by atoms with Crippen LogP contribution in [0.15, 0.2) is 97.2 Å². The summed E-state index contributed by atoms with van der Waals surface area (Å²) < 4.78 is 12.4. The number of methoxy groups -OCH3 is 1. The maximum absolute atomic E-state index is 14.9. The number of aromatic amines is 1. The van der Waals surface area contributed by atoms with Crippen molar-refractivity contribution in [3.05, 3.63) is 119 Å². The van der Waals surface area contributed by atoms with Crippen molar-refractivity contribution < 1.29 is 24.2 Å². The summed E-state index contributed by atoms with van der Waals surface area (Å²) in [6.07, 6.45) is 2.20. The molecule has 2 amide bonds. The van der Waals surface area contributed by atoms with Gasteiger partial charge in [-0.25, -0.2) is 0 Å². The quantitative estimate of drug-likeness (QED) is 0.134. The molecule has 3 N–H and O–H groups in total. The average molecular weight is 708 g/mol. The molecule has 1 spiro atoms. The first-order valence-corrected chi connectivity index (χ1v) is 20.5. The Morgan fingerprint density at radius 1 is 1.06 bits per heavy atom. The Kier molecular flexibility index (Phi) is 9.11. The SMILES string of the molecule is COc1ccc([Si](C)(C)[C@H]2[C@H](CCO)O[C@@]3(C(=O)N(Cc4cccc(NC(=O)Cc5c[nH]c6ccccc56)c4)c4ccc(Cl)cc43)[C@@H]2C)cc1. The van der Waals surface area contributed by atoms with E-state index in [4.69, 9.17) is 21.1 Å². The van der Waals surface area contributed by atoms with Crippen molar-refractivity contribution in [3.8, 4) is 5.75 Å². The van der Waals surface area contributed by atoms with Gasteiger partial charge < -0.3 is 29.8 Å². The summed E-state index contributed by atoms with van der Waals surface area (Å²) >= 11 is 6.62. The number of benzene rings is 4. The number of carbonyl (C=O) groups is 2. The van der Waals surface area contributed by atoms with Crippen LogP contribution < -0.4 is 20.1 Å². The molecule has 1 fully saturated rings. The predicted molar refractivity (Wildman–Crippen MR) is 201 cm³/mol. The molecular formula is C40H42ClN3O5Si. The number of anilines is 2. The molecule has 50 heavy (non-hydrogen) atoms. The second kappa shape index (κ2) is 13.4. The molecule has 10 heteroatoms. The van der Waals surface area contributed by atoms with Crippen LogP contribution >= 0.6 is 11.6 Å². The van der Waals surface area contributed by atoms with Gasteiger partial charge >= 0.3 is 0 Å². The zero-order chi connectivity index (χ0) is 35.2. The van der Waals surface area contributed by atoms with Crippen LogP contribution in [0.2, 0.25) is 23.7 Å². The summed E-state index contributed by atoms with van der Waals surface area (Å²) in [5.41, 5.74) is 3.73. The van der Waals surface area contributed by atoms with Gasteiger partial charge in [-0.05, 0) is 71.6 Å². The molecule has 5 aromatic rings. The van der Waals surface area contributed by atoms with Crippen LogP contribution in [0.5, 0.6) is 5.75 Å². The van der Waals surface area contributed by atoms with Crippen LogP contribution in [0, 0.1) is 5.92 Å². The van der Waals surface area contributed by atoms with Crippen molar-refractivity contribution in [2.24, 2.45) is 5.92 Å². The van der Waals surface area contributed by atoms with Crippen molar-refractivity contribution in [1.82, 2.24) is 4.98 Å². The molecule has 0 bridgehead atoms. The second-order valence-corrected chi connectivity index (χ2v) is 19.1. The van der Waals surface area contributed by atoms with Crippen LogP contribution in [0.1, 0.15) is 30.0 Å². The van der Waals surface area contributed by atoms with Crippen LogP contribution in [0.4, 0.5) is 11.4 Å². The molecule has 0 aliphatic carbocycles. The second-order valence-electron chi connectivity index (χ2n) is 14.0. The number of halogens is 1. The van der Waals surface area contributed by atoms with Crippen LogP contribution in [-0.4, -0.2) is 49.8 Å². The zero-order valence-corrected chi connectivity index (χ0v) is 30.5. The van der Waals surface area contributed by atoms with Crippen LogP contribution in [0.3, 0.4) is 0 Å². The van der Waals surface area contributed by atoms with Gasteiger partial charge in [0.15, 0.2) is 5.60 Å². The van der Waals surface area contributed by atoms with Gasteiger partial charge in [0.25, 0.3) is 5.91 Å². The van der Waals surface area contributed by atoms with Gasteiger partial charge in [-0.1, -0.05) is 79.3 Å². The minimum Gasteiger partial charge on any atom is -0.497 e. The maximum Gasteiger partial charge on any atom is 0.264 e. The summed E-state index contributed by atoms with van der Waals surface area (Å²) in [5, 5.41) is 16.0. The fraction of sp³-hybridized carbons (Fsp3) is 0.300. The Morgan fingerprint density at radius 2 is 1.84 bits per heavy atom. The Bertz CT molecular complexity index is 2060. The Labute approximate surface area is 298 Å². The number of amides is 2. The third-order valence-corrected chi connectivity index (χ3v) is 15.4. The number of ether oxygens (including phenoxy) is 2. The highest BCUT2D eigenvalue weighted by Crippen LogP contribution is 2.60. The molecule has 0 radical (unpaired) electrons. The average Bonchev–Trinajstić information content (AvgIpc) is 3.72. The minimum absolute atomic E-state index is 0.0227. The molecule has 258 valence electrons. The van der Waals surface area contributed by atoms with Gasteiger partial charge in [0.2, 0.25) is 5.91 Å². The molecule has 4 aromatic carbocycles. The summed E-state index contributed by atoms with van der Waals surface area (Å²) in [6.45, 7) is 6.99. The number of fused-ring (bicyclic) bond motifs is 3. The van der Waals surface area contributed by atoms with Crippen molar-refractivity contribution in [3.63, 3.8) is 0 Å². The van der Waals surface area contributed by atoms with Gasteiger partial charge in [-0.3, -0.25) is 9.59 Å². The number of hydrogen-bond donors (Lipinski definition) is 3. The number of hydrogen-bond acceptors (Lipinski definition) is 5. The third-order valence-electron chi connectivity index (χ3n) is 10.8. The van der Waals surface area contributed by atoms with Gasteiger partial charge in [-0.15, -0.1) is 0 Å². The zero-order valence-electron chi connectivity index (χ0n) is 28.7. The van der Waals surface area contributed by atoms with E-state index >= 15 is 0 Å². The lowest BCUT2D eigenvalue weighted by Gasteiger charge is -2.37. The highest BCUT2D eigenvalue weighted by Gasteiger charge is 2.66. The van der Waals surface area contributed by atoms with E-state index in [0.29, 0.717) is 17.1 Å². The largest absolute Gasteiger partial charge is 0.497 e. The maximum atomic E-state index is 14.9. The van der Waals surface area contributed by atoms with Crippen molar-refractivity contribution in [2.45, 2.75) is 56.7 Å². The van der Waals surface area contributed by atoms with E-state index in [2.05, 4.69) is 42.5 Å². The number of nitrogens with zero attached hydrogens (tertiary/aromatic N) is 1. The van der Waals surface area contributed by atoms with Gasteiger partial charge in [0.1, 0.15) is 5.75 Å². The predicted octanol–water partition coefficient (Wildman–Crippen LogP) is 7.16. The molecule has 1 saturated heterocycles. The number of aromatic nitrogens is 1. The molecule has 0 unspecified atom stereocenters. The van der Waals surface area contributed by atoms with Crippen molar-refractivity contribution in [2.75, 3.05) is 23.9 Å². The Hall–Kier alpha value is -4.41. The normalized spacial score (nSPS) is 21.6. The van der Waals surface area contributed by atoms with Crippen molar-refractivity contribution >= 4 is 59.0 Å². The van der Waals surface area contributed by atoms with Gasteiger partial charge in [0.05, 0.1) is 39.9 Å². The van der Waals surface area contributed by atoms with E-state index in [1.807, 2.05) is 79.0 Å². The molecule has 2 aliphatic heterocycles. The summed E-state index contributed by atoms with van der Waals surface area (Å²) in [5.74, 6) is 0.329. The highest BCUT2D eigenvalue weighted by molar-refractivity contribution is 6.91. The van der Waals surface area contributed by atoms with E-state index < -0.39 is 13.7 Å². The number of para-hydroxylation sites is 1.